The molecular weight excluding hydrogens is 317 g/mol. The van der Waals surface area contributed by atoms with E-state index in [4.69, 9.17) is 9.79 Å². The Morgan fingerprint density at radius 1 is 1.13 bits per heavy atom. The summed E-state index contributed by atoms with van der Waals surface area (Å²) in [6.45, 7) is 1.98. The predicted molar refractivity (Wildman–Crippen MR) is 88.6 cm³/mol. The van der Waals surface area contributed by atoms with Gasteiger partial charge in [0.15, 0.2) is 0 Å². The summed E-state index contributed by atoms with van der Waals surface area (Å²) in [4.78, 5) is 18.2. The zero-order valence-corrected chi connectivity index (χ0v) is 13.6. The van der Waals surface area contributed by atoms with E-state index in [1.165, 1.54) is 18.2 Å². The van der Waals surface area contributed by atoms with Crippen molar-refractivity contribution in [1.29, 1.82) is 0 Å². The molecule has 2 rings (SSSR count). The topological polar surface area (TPSA) is 110 Å². The second-order valence-corrected chi connectivity index (χ2v) is 6.68. The number of phenolic OH excluding ortho intramolecular Hbond substituents is 2. The number of anilines is 1. The van der Waals surface area contributed by atoms with Crippen LogP contribution in [0.4, 0.5) is 5.69 Å². The average Bonchev–Trinajstić information content (AvgIpc) is 2.45. The molecule has 2 aromatic carbocycles. The van der Waals surface area contributed by atoms with E-state index in [1.807, 2.05) is 13.0 Å². The fourth-order valence-electron chi connectivity index (χ4n) is 2.57. The highest BCUT2D eigenvalue weighted by Gasteiger charge is 2.20. The van der Waals surface area contributed by atoms with Crippen LogP contribution in [0.1, 0.15) is 30.4 Å². The summed E-state index contributed by atoms with van der Waals surface area (Å²) in [5.74, 6) is 0.126. The molecule has 0 saturated carbocycles. The van der Waals surface area contributed by atoms with Crippen LogP contribution in [0.15, 0.2) is 42.5 Å². The van der Waals surface area contributed by atoms with Crippen LogP contribution in [0.3, 0.4) is 0 Å². The molecule has 0 radical (unpaired) electrons. The van der Waals surface area contributed by atoms with Crippen LogP contribution in [0.25, 0.3) is 0 Å². The van der Waals surface area contributed by atoms with Crippen LogP contribution in [0.2, 0.25) is 0 Å². The first-order chi connectivity index (χ1) is 10.8. The van der Waals surface area contributed by atoms with Gasteiger partial charge >= 0.3 is 7.75 Å². The second-order valence-electron chi connectivity index (χ2n) is 5.36. The van der Waals surface area contributed by atoms with Gasteiger partial charge in [-0.3, -0.25) is 5.09 Å². The van der Waals surface area contributed by atoms with Crippen LogP contribution >= 0.6 is 7.75 Å². The van der Waals surface area contributed by atoms with Gasteiger partial charge in [0.05, 0.1) is 5.69 Å². The van der Waals surface area contributed by atoms with Gasteiger partial charge in [-0.1, -0.05) is 25.1 Å². The lowest BCUT2D eigenvalue weighted by molar-refractivity contribution is 0.380. The molecule has 0 aromatic heterocycles. The summed E-state index contributed by atoms with van der Waals surface area (Å²) >= 11 is 0. The van der Waals surface area contributed by atoms with Gasteiger partial charge in [-0.05, 0) is 48.6 Å². The SMILES string of the molecule is CCC(Cc1c(O)cccc1NP(=O)(O)O)c1cccc(O)c1. The van der Waals surface area contributed by atoms with Gasteiger partial charge in [0, 0.05) is 5.56 Å². The molecule has 23 heavy (non-hydrogen) atoms. The predicted octanol–water partition coefficient (Wildman–Crippen LogP) is 3.34. The minimum absolute atomic E-state index is 0.00674. The van der Waals surface area contributed by atoms with Crippen molar-refractivity contribution in [2.75, 3.05) is 5.09 Å². The van der Waals surface area contributed by atoms with Gasteiger partial charge in [0.25, 0.3) is 0 Å². The smallest absolute Gasteiger partial charge is 0.427 e. The number of hydrogen-bond acceptors (Lipinski definition) is 3. The average molecular weight is 337 g/mol. The van der Waals surface area contributed by atoms with E-state index in [9.17, 15) is 14.8 Å². The van der Waals surface area contributed by atoms with E-state index in [0.717, 1.165) is 12.0 Å². The molecule has 124 valence electrons. The van der Waals surface area contributed by atoms with Gasteiger partial charge in [0.2, 0.25) is 0 Å². The molecule has 1 atom stereocenters. The van der Waals surface area contributed by atoms with Gasteiger partial charge in [0.1, 0.15) is 11.5 Å². The molecular formula is C16H20NO5P. The molecule has 7 heteroatoms. The van der Waals surface area contributed by atoms with Crippen molar-refractivity contribution in [3.63, 3.8) is 0 Å². The Labute approximate surface area is 134 Å². The van der Waals surface area contributed by atoms with Crippen LogP contribution in [0, 0.1) is 0 Å². The highest BCUT2D eigenvalue weighted by atomic mass is 31.2. The first-order valence-electron chi connectivity index (χ1n) is 7.23. The summed E-state index contributed by atoms with van der Waals surface area (Å²) in [7, 11) is -4.47. The van der Waals surface area contributed by atoms with E-state index in [2.05, 4.69) is 5.09 Å². The first kappa shape index (κ1) is 17.3. The maximum Gasteiger partial charge on any atom is 0.427 e. The number of rotatable bonds is 6. The lowest BCUT2D eigenvalue weighted by Gasteiger charge is -2.20. The number of hydrogen-bond donors (Lipinski definition) is 5. The monoisotopic (exact) mass is 337 g/mol. The van der Waals surface area contributed by atoms with Gasteiger partial charge < -0.3 is 20.0 Å². The molecule has 0 saturated heterocycles. The largest absolute Gasteiger partial charge is 0.508 e. The van der Waals surface area contributed by atoms with Crippen molar-refractivity contribution in [2.24, 2.45) is 0 Å². The molecule has 0 bridgehead atoms. The molecule has 0 aliphatic rings. The first-order valence-corrected chi connectivity index (χ1v) is 8.85. The Bertz CT molecular complexity index is 728. The van der Waals surface area contributed by atoms with Crippen molar-refractivity contribution in [2.45, 2.75) is 25.7 Å². The van der Waals surface area contributed by atoms with Crippen molar-refractivity contribution in [3.05, 3.63) is 53.6 Å². The van der Waals surface area contributed by atoms with Gasteiger partial charge in [-0.15, -0.1) is 0 Å². The van der Waals surface area contributed by atoms with Crippen LogP contribution in [0.5, 0.6) is 11.5 Å². The Morgan fingerprint density at radius 3 is 2.43 bits per heavy atom. The highest BCUT2D eigenvalue weighted by Crippen LogP contribution is 2.40. The van der Waals surface area contributed by atoms with E-state index in [1.54, 1.807) is 18.2 Å². The van der Waals surface area contributed by atoms with Crippen LogP contribution in [-0.4, -0.2) is 20.0 Å². The molecule has 1 unspecified atom stereocenters. The van der Waals surface area contributed by atoms with E-state index in [0.29, 0.717) is 12.0 Å². The quantitative estimate of drug-likeness (QED) is 0.517. The highest BCUT2D eigenvalue weighted by molar-refractivity contribution is 7.53. The molecule has 0 heterocycles. The Balaban J connectivity index is 2.35. The van der Waals surface area contributed by atoms with E-state index >= 15 is 0 Å². The molecule has 6 nitrogen and oxygen atoms in total. The summed E-state index contributed by atoms with van der Waals surface area (Å²) in [6, 6.07) is 11.4. The molecule has 0 aliphatic heterocycles. The van der Waals surface area contributed by atoms with Gasteiger partial charge in [-0.2, -0.15) is 0 Å². The summed E-state index contributed by atoms with van der Waals surface area (Å²) in [5, 5.41) is 21.9. The maximum atomic E-state index is 11.2. The minimum Gasteiger partial charge on any atom is -0.508 e. The van der Waals surface area contributed by atoms with Crippen molar-refractivity contribution in [3.8, 4) is 11.5 Å². The van der Waals surface area contributed by atoms with Crippen molar-refractivity contribution < 1.29 is 24.6 Å². The molecule has 5 N–H and O–H groups in total. The Morgan fingerprint density at radius 2 is 1.83 bits per heavy atom. The molecule has 0 spiro atoms. The normalized spacial score (nSPS) is 12.8. The fraction of sp³-hybridized carbons (Fsp3) is 0.250. The third-order valence-corrected chi connectivity index (χ3v) is 4.23. The number of nitrogens with one attached hydrogen (secondary N) is 1. The third kappa shape index (κ3) is 4.73. The second kappa shape index (κ2) is 7.04. The van der Waals surface area contributed by atoms with Crippen LogP contribution in [-0.2, 0) is 11.0 Å². The molecule has 0 aliphatic carbocycles. The molecule has 0 amide bonds. The third-order valence-electron chi connectivity index (χ3n) is 3.70. The molecule has 2 aromatic rings. The minimum atomic E-state index is -4.47. The van der Waals surface area contributed by atoms with Crippen LogP contribution < -0.4 is 5.09 Å². The zero-order chi connectivity index (χ0) is 17.0. The number of phenols is 2. The number of benzene rings is 2. The standard InChI is InChI=1S/C16H20NO5P/c1-2-11(12-5-3-6-13(18)9-12)10-14-15(17-23(20,21)22)7-4-8-16(14)19/h3-9,11,18-19H,2,10H2,1H3,(H3,17,20,21,22). The van der Waals surface area contributed by atoms with Crippen molar-refractivity contribution in [1.82, 2.24) is 0 Å². The Kier molecular flexibility index (Phi) is 5.31. The zero-order valence-electron chi connectivity index (χ0n) is 12.7. The lowest BCUT2D eigenvalue weighted by Crippen LogP contribution is -2.06. The summed E-state index contributed by atoms with van der Waals surface area (Å²) in [5.41, 5.74) is 1.54. The van der Waals surface area contributed by atoms with E-state index < -0.39 is 7.75 Å². The fourth-order valence-corrected chi connectivity index (χ4v) is 3.10. The lowest BCUT2D eigenvalue weighted by atomic mass is 9.89. The van der Waals surface area contributed by atoms with Crippen molar-refractivity contribution >= 4 is 13.4 Å². The van der Waals surface area contributed by atoms with Gasteiger partial charge in [-0.25, -0.2) is 4.57 Å². The Hall–Kier alpha value is -2.01. The maximum absolute atomic E-state index is 11.2. The number of aromatic hydroxyl groups is 2. The summed E-state index contributed by atoms with van der Waals surface area (Å²) < 4.78 is 11.2. The van der Waals surface area contributed by atoms with E-state index in [-0.39, 0.29) is 23.1 Å². The molecule has 0 fully saturated rings. The summed E-state index contributed by atoms with van der Waals surface area (Å²) in [6.07, 6.45) is 1.13.